The van der Waals surface area contributed by atoms with Crippen molar-refractivity contribution in [2.24, 2.45) is 0 Å². The zero-order valence-electron chi connectivity index (χ0n) is 26.3. The van der Waals surface area contributed by atoms with Crippen molar-refractivity contribution in [1.82, 2.24) is 14.3 Å². The number of hydrogen-bond acceptors (Lipinski definition) is 4. The molecule has 0 radical (unpaired) electrons. The molecule has 1 fully saturated rings. The van der Waals surface area contributed by atoms with Crippen LogP contribution in [0.5, 0.6) is 0 Å². The first-order chi connectivity index (χ1) is 19.7. The van der Waals surface area contributed by atoms with Gasteiger partial charge < -0.3 is 9.47 Å². The summed E-state index contributed by atoms with van der Waals surface area (Å²) >= 11 is 13.6. The number of ether oxygens (including phenoxy) is 2. The van der Waals surface area contributed by atoms with Gasteiger partial charge in [-0.1, -0.05) is 64.7 Å². The first kappa shape index (κ1) is 32.5. The molecular weight excluding hydrogens is 587 g/mol. The fourth-order valence-electron chi connectivity index (χ4n) is 6.35. The van der Waals surface area contributed by atoms with Crippen LogP contribution in [0.2, 0.25) is 26.7 Å². The summed E-state index contributed by atoms with van der Waals surface area (Å²) < 4.78 is 15.3. The third-order valence-corrected chi connectivity index (χ3v) is 15.3. The average Bonchev–Trinajstić information content (AvgIpc) is 3.52. The molecule has 0 saturated carbocycles. The van der Waals surface area contributed by atoms with Crippen LogP contribution >= 0.6 is 23.2 Å². The van der Waals surface area contributed by atoms with Crippen molar-refractivity contribution in [3.63, 3.8) is 0 Å². The van der Waals surface area contributed by atoms with E-state index in [-0.39, 0.29) is 6.23 Å². The van der Waals surface area contributed by atoms with Crippen LogP contribution in [0.4, 0.5) is 10.5 Å². The minimum atomic E-state index is -2.06. The van der Waals surface area contributed by atoms with Gasteiger partial charge in [-0.15, -0.1) is 5.54 Å². The van der Waals surface area contributed by atoms with Crippen LogP contribution in [-0.2, 0) is 9.47 Å². The molecule has 0 aliphatic carbocycles. The Morgan fingerprint density at radius 1 is 1.12 bits per heavy atom. The van der Waals surface area contributed by atoms with Crippen LogP contribution in [0, 0.1) is 11.6 Å². The van der Waals surface area contributed by atoms with Gasteiger partial charge in [0.15, 0.2) is 0 Å². The number of carbonyl (C=O) groups is 1. The van der Waals surface area contributed by atoms with Gasteiger partial charge in [-0.3, -0.25) is 9.88 Å². The standard InChI is InChI=1S/C32H44Cl2N4O3Si/c1-20(2)42(21(3)4,22(5)6)15-13-37-19-24(23-17-35-38(18-23)27-12-10-11-14-40-27)28-26(16-25(33)29(34)30(28)37)36-31(39)41-32(7,8)9/h16-22,27H,10-12,14H2,1-9H3,(H,36,39). The Labute approximate surface area is 261 Å². The van der Waals surface area contributed by atoms with Crippen molar-refractivity contribution in [2.45, 2.75) is 110 Å². The summed E-state index contributed by atoms with van der Waals surface area (Å²) in [6, 6.07) is 5.18. The van der Waals surface area contributed by atoms with Gasteiger partial charge in [-0.2, -0.15) is 5.10 Å². The molecule has 228 valence electrons. The molecule has 1 saturated heterocycles. The van der Waals surface area contributed by atoms with E-state index in [1.54, 1.807) is 6.07 Å². The van der Waals surface area contributed by atoms with Crippen LogP contribution in [0.1, 0.15) is 87.8 Å². The number of aromatic nitrogens is 3. The number of rotatable bonds is 6. The van der Waals surface area contributed by atoms with E-state index in [1.807, 2.05) is 48.6 Å². The number of nitrogens with zero attached hydrogens (tertiary/aromatic N) is 3. The first-order valence-corrected chi connectivity index (χ1v) is 17.9. The Hall–Kier alpha value is -2.44. The summed E-state index contributed by atoms with van der Waals surface area (Å²) in [6.45, 7) is 19.9. The van der Waals surface area contributed by atoms with E-state index >= 15 is 0 Å². The van der Waals surface area contributed by atoms with Gasteiger partial charge in [-0.25, -0.2) is 9.48 Å². The maximum Gasteiger partial charge on any atom is 0.412 e. The van der Waals surface area contributed by atoms with E-state index < -0.39 is 19.8 Å². The predicted octanol–water partition coefficient (Wildman–Crippen LogP) is 9.88. The normalized spacial score (nSPS) is 16.3. The van der Waals surface area contributed by atoms with Crippen molar-refractivity contribution in [1.29, 1.82) is 0 Å². The molecule has 1 aliphatic rings. The largest absolute Gasteiger partial charge is 0.444 e. The number of halogens is 2. The van der Waals surface area contributed by atoms with Crippen molar-refractivity contribution in [3.8, 4) is 22.7 Å². The molecule has 1 N–H and O–H groups in total. The average molecular weight is 632 g/mol. The van der Waals surface area contributed by atoms with Gasteiger partial charge in [0, 0.05) is 41.6 Å². The molecule has 42 heavy (non-hydrogen) atoms. The summed E-state index contributed by atoms with van der Waals surface area (Å²) in [5.74, 6) is 0. The molecule has 10 heteroatoms. The van der Waals surface area contributed by atoms with Crippen LogP contribution in [0.3, 0.4) is 0 Å². The smallest absolute Gasteiger partial charge is 0.412 e. The van der Waals surface area contributed by atoms with E-state index in [1.165, 1.54) is 0 Å². The molecule has 0 spiro atoms. The first-order valence-electron chi connectivity index (χ1n) is 14.9. The highest BCUT2D eigenvalue weighted by Crippen LogP contribution is 2.44. The highest BCUT2D eigenvalue weighted by molar-refractivity contribution is 6.90. The van der Waals surface area contributed by atoms with E-state index in [9.17, 15) is 4.79 Å². The summed E-state index contributed by atoms with van der Waals surface area (Å²) in [5.41, 5.74) is 7.34. The van der Waals surface area contributed by atoms with Gasteiger partial charge >= 0.3 is 6.09 Å². The van der Waals surface area contributed by atoms with Crippen molar-refractivity contribution in [3.05, 3.63) is 34.7 Å². The Balaban J connectivity index is 1.96. The summed E-state index contributed by atoms with van der Waals surface area (Å²) in [5, 5.41) is 8.98. The second-order valence-corrected chi connectivity index (χ2v) is 19.5. The number of amides is 1. The Morgan fingerprint density at radius 2 is 1.79 bits per heavy atom. The van der Waals surface area contributed by atoms with E-state index in [0.29, 0.717) is 37.9 Å². The number of anilines is 1. The molecule has 3 heterocycles. The quantitative estimate of drug-likeness (QED) is 0.217. The van der Waals surface area contributed by atoms with E-state index in [4.69, 9.17) is 32.7 Å². The highest BCUT2D eigenvalue weighted by Gasteiger charge is 2.42. The van der Waals surface area contributed by atoms with Crippen LogP contribution < -0.4 is 5.32 Å². The lowest BCUT2D eigenvalue weighted by Crippen LogP contribution is -2.43. The monoisotopic (exact) mass is 630 g/mol. The van der Waals surface area contributed by atoms with Crippen molar-refractivity contribution in [2.75, 3.05) is 11.9 Å². The van der Waals surface area contributed by atoms with Crippen LogP contribution in [-0.4, -0.2) is 40.7 Å². The van der Waals surface area contributed by atoms with E-state index in [0.717, 1.165) is 42.4 Å². The van der Waals surface area contributed by atoms with Crippen molar-refractivity contribution >= 4 is 54.0 Å². The Morgan fingerprint density at radius 3 is 2.36 bits per heavy atom. The lowest BCUT2D eigenvalue weighted by Gasteiger charge is -2.37. The molecule has 2 aromatic heterocycles. The fraction of sp³-hybridized carbons (Fsp3) is 0.562. The molecule has 1 amide bonds. The molecular formula is C32H44Cl2N4O3Si. The second-order valence-electron chi connectivity index (χ2n) is 13.1. The minimum Gasteiger partial charge on any atom is -0.444 e. The fourth-order valence-corrected chi connectivity index (χ4v) is 12.0. The van der Waals surface area contributed by atoms with Crippen molar-refractivity contribution < 1.29 is 14.3 Å². The molecule has 3 aromatic rings. The van der Waals surface area contributed by atoms with Gasteiger partial charge in [0.05, 0.1) is 27.4 Å². The molecule has 4 rings (SSSR count). The minimum absolute atomic E-state index is 0.104. The number of carbonyl (C=O) groups excluding carboxylic acids is 1. The van der Waals surface area contributed by atoms with E-state index in [2.05, 4.69) is 63.5 Å². The third-order valence-electron chi connectivity index (χ3n) is 8.22. The summed E-state index contributed by atoms with van der Waals surface area (Å²) in [6.07, 6.45) is 8.16. The molecule has 7 nitrogen and oxygen atoms in total. The second kappa shape index (κ2) is 12.7. The highest BCUT2D eigenvalue weighted by atomic mass is 35.5. The Kier molecular flexibility index (Phi) is 9.78. The molecule has 1 atom stereocenters. The molecule has 1 unspecified atom stereocenters. The van der Waals surface area contributed by atoms with Gasteiger partial charge in [0.25, 0.3) is 0 Å². The summed E-state index contributed by atoms with van der Waals surface area (Å²) in [4.78, 5) is 12.9. The maximum atomic E-state index is 12.9. The third kappa shape index (κ3) is 6.55. The lowest BCUT2D eigenvalue weighted by molar-refractivity contribution is -0.0394. The number of fused-ring (bicyclic) bond motifs is 1. The van der Waals surface area contributed by atoms with Crippen LogP contribution in [0.15, 0.2) is 24.7 Å². The lowest BCUT2D eigenvalue weighted by atomic mass is 10.1. The molecule has 0 bridgehead atoms. The van der Waals surface area contributed by atoms with Gasteiger partial charge in [0.1, 0.15) is 19.9 Å². The topological polar surface area (TPSA) is 70.3 Å². The molecule has 1 aromatic carbocycles. The summed E-state index contributed by atoms with van der Waals surface area (Å²) in [7, 11) is -2.06. The number of nitrogens with one attached hydrogen (secondary N) is 1. The zero-order valence-corrected chi connectivity index (χ0v) is 28.8. The zero-order chi connectivity index (χ0) is 31.0. The Bertz CT molecular complexity index is 1480. The SMILES string of the molecule is CC(C)[Si](C#Cn1cc(-c2cnn(C3CCCCO3)c2)c2c(NC(=O)OC(C)(C)C)cc(Cl)c(Cl)c21)(C(C)C)C(C)C. The number of benzene rings is 1. The van der Waals surface area contributed by atoms with Gasteiger partial charge in [0.2, 0.25) is 0 Å². The number of hydrogen-bond donors (Lipinski definition) is 1. The maximum absolute atomic E-state index is 12.9. The van der Waals surface area contributed by atoms with Crippen LogP contribution in [0.25, 0.3) is 22.0 Å². The molecule has 1 aliphatic heterocycles. The predicted molar refractivity (Wildman–Crippen MR) is 176 cm³/mol. The van der Waals surface area contributed by atoms with Gasteiger partial charge in [-0.05, 0) is 62.7 Å².